The van der Waals surface area contributed by atoms with Gasteiger partial charge in [0.05, 0.1) is 19.4 Å². The van der Waals surface area contributed by atoms with Crippen molar-refractivity contribution in [1.29, 1.82) is 0 Å². The minimum atomic E-state index is -0.299. The van der Waals surface area contributed by atoms with Crippen molar-refractivity contribution in [2.24, 2.45) is 5.92 Å². The highest BCUT2D eigenvalue weighted by Crippen LogP contribution is 2.31. The molecule has 0 aliphatic carbocycles. The number of amides is 1. The lowest BCUT2D eigenvalue weighted by Crippen LogP contribution is -2.40. The standard InChI is InChI=1S/C16H16N6O3/c1-24-11-3-2-9-4-10(6-25-12(9)5-11)16(23)22-21-15-13-14(18-7-17-13)19-8-20-15/h2-3,5,7-8,10H,4,6H2,1H3,(H,22,23)(H2,17,18,19,20,21)/t10-/m1/s1. The molecule has 3 N–H and O–H groups in total. The van der Waals surface area contributed by atoms with Crippen molar-refractivity contribution in [3.05, 3.63) is 36.4 Å². The molecular weight excluding hydrogens is 324 g/mol. The summed E-state index contributed by atoms with van der Waals surface area (Å²) in [5.74, 6) is 1.47. The average molecular weight is 340 g/mol. The summed E-state index contributed by atoms with van der Waals surface area (Å²) in [6, 6.07) is 5.60. The van der Waals surface area contributed by atoms with E-state index in [4.69, 9.17) is 9.47 Å². The Morgan fingerprint density at radius 3 is 3.16 bits per heavy atom. The molecule has 128 valence electrons. The number of carbonyl (C=O) groups excluding carboxylic acids is 1. The number of nitrogens with zero attached hydrogens (tertiary/aromatic N) is 3. The van der Waals surface area contributed by atoms with E-state index in [2.05, 4.69) is 30.8 Å². The van der Waals surface area contributed by atoms with Gasteiger partial charge in [0.2, 0.25) is 5.91 Å². The summed E-state index contributed by atoms with van der Waals surface area (Å²) < 4.78 is 10.9. The van der Waals surface area contributed by atoms with Crippen LogP contribution in [0.2, 0.25) is 0 Å². The number of H-pyrrole nitrogens is 1. The van der Waals surface area contributed by atoms with Crippen molar-refractivity contribution in [3.63, 3.8) is 0 Å². The van der Waals surface area contributed by atoms with Crippen molar-refractivity contribution in [2.45, 2.75) is 6.42 Å². The van der Waals surface area contributed by atoms with Crippen LogP contribution in [-0.4, -0.2) is 39.6 Å². The Morgan fingerprint density at radius 2 is 2.28 bits per heavy atom. The molecule has 4 rings (SSSR count). The van der Waals surface area contributed by atoms with Gasteiger partial charge in [0.15, 0.2) is 11.5 Å². The molecule has 3 heterocycles. The van der Waals surface area contributed by atoms with E-state index in [1.165, 1.54) is 12.7 Å². The Kier molecular flexibility index (Phi) is 3.81. The number of imidazole rings is 1. The maximum atomic E-state index is 12.4. The predicted molar refractivity (Wildman–Crippen MR) is 89.1 cm³/mol. The Hall–Kier alpha value is -3.36. The summed E-state index contributed by atoms with van der Waals surface area (Å²) in [6.45, 7) is 0.303. The normalized spacial score (nSPS) is 16.0. The minimum Gasteiger partial charge on any atom is -0.497 e. The maximum Gasteiger partial charge on any atom is 0.245 e. The van der Waals surface area contributed by atoms with Crippen LogP contribution < -0.4 is 20.3 Å². The van der Waals surface area contributed by atoms with E-state index in [9.17, 15) is 4.79 Å². The Balaban J connectivity index is 1.42. The average Bonchev–Trinajstić information content (AvgIpc) is 3.14. The van der Waals surface area contributed by atoms with Gasteiger partial charge in [0.1, 0.15) is 29.9 Å². The zero-order valence-electron chi connectivity index (χ0n) is 13.4. The molecule has 3 aromatic rings. The highest BCUT2D eigenvalue weighted by atomic mass is 16.5. The van der Waals surface area contributed by atoms with Gasteiger partial charge in [-0.3, -0.25) is 15.6 Å². The van der Waals surface area contributed by atoms with Crippen LogP contribution in [0.25, 0.3) is 11.2 Å². The van der Waals surface area contributed by atoms with Gasteiger partial charge in [-0.2, -0.15) is 0 Å². The number of aromatic nitrogens is 4. The van der Waals surface area contributed by atoms with Crippen LogP contribution in [0.15, 0.2) is 30.9 Å². The van der Waals surface area contributed by atoms with Gasteiger partial charge >= 0.3 is 0 Å². The number of hydrogen-bond donors (Lipinski definition) is 3. The second kappa shape index (κ2) is 6.27. The number of hydrogen-bond acceptors (Lipinski definition) is 7. The first-order valence-corrected chi connectivity index (χ1v) is 7.74. The summed E-state index contributed by atoms with van der Waals surface area (Å²) in [5.41, 5.74) is 7.61. The smallest absolute Gasteiger partial charge is 0.245 e. The minimum absolute atomic E-state index is 0.173. The molecule has 9 heteroatoms. The number of anilines is 1. The molecule has 1 atom stereocenters. The highest BCUT2D eigenvalue weighted by molar-refractivity contribution is 5.85. The number of benzene rings is 1. The molecule has 0 radical (unpaired) electrons. The number of rotatable bonds is 4. The number of aromatic amines is 1. The van der Waals surface area contributed by atoms with Crippen LogP contribution in [0, 0.1) is 5.92 Å². The molecule has 1 amide bonds. The highest BCUT2D eigenvalue weighted by Gasteiger charge is 2.26. The predicted octanol–water partition coefficient (Wildman–Crippen LogP) is 1.06. The molecule has 25 heavy (non-hydrogen) atoms. The summed E-state index contributed by atoms with van der Waals surface area (Å²) >= 11 is 0. The van der Waals surface area contributed by atoms with Crippen LogP contribution in [0.5, 0.6) is 11.5 Å². The first-order valence-electron chi connectivity index (χ1n) is 7.74. The second-order valence-electron chi connectivity index (χ2n) is 5.62. The number of fused-ring (bicyclic) bond motifs is 2. The molecule has 1 aliphatic rings. The van der Waals surface area contributed by atoms with Crippen LogP contribution in [0.1, 0.15) is 5.56 Å². The van der Waals surface area contributed by atoms with Crippen LogP contribution in [-0.2, 0) is 11.2 Å². The van der Waals surface area contributed by atoms with Crippen LogP contribution in [0.3, 0.4) is 0 Å². The van der Waals surface area contributed by atoms with E-state index in [0.717, 1.165) is 17.1 Å². The van der Waals surface area contributed by atoms with Crippen LogP contribution in [0.4, 0.5) is 5.82 Å². The molecule has 0 saturated carbocycles. The van der Waals surface area contributed by atoms with E-state index in [1.807, 2.05) is 18.2 Å². The monoisotopic (exact) mass is 340 g/mol. The lowest BCUT2D eigenvalue weighted by Gasteiger charge is -2.25. The fraction of sp³-hybridized carbons (Fsp3) is 0.250. The van der Waals surface area contributed by atoms with E-state index in [0.29, 0.717) is 30.0 Å². The molecule has 9 nitrogen and oxygen atoms in total. The number of hydrazine groups is 1. The third-order valence-electron chi connectivity index (χ3n) is 4.08. The van der Waals surface area contributed by atoms with Gasteiger partial charge in [0.25, 0.3) is 0 Å². The van der Waals surface area contributed by atoms with E-state index < -0.39 is 0 Å². The van der Waals surface area contributed by atoms with Crippen molar-refractivity contribution in [3.8, 4) is 11.5 Å². The van der Waals surface area contributed by atoms with Crippen molar-refractivity contribution in [1.82, 2.24) is 25.4 Å². The lowest BCUT2D eigenvalue weighted by atomic mass is 9.96. The summed E-state index contributed by atoms with van der Waals surface area (Å²) in [6.07, 6.45) is 3.49. The summed E-state index contributed by atoms with van der Waals surface area (Å²) in [5, 5.41) is 0. The van der Waals surface area contributed by atoms with Crippen molar-refractivity contribution < 1.29 is 14.3 Å². The molecule has 0 unspecified atom stereocenters. The number of methoxy groups -OCH3 is 1. The maximum absolute atomic E-state index is 12.4. The Morgan fingerprint density at radius 1 is 1.36 bits per heavy atom. The van der Waals surface area contributed by atoms with Crippen LogP contribution >= 0.6 is 0 Å². The zero-order valence-corrected chi connectivity index (χ0v) is 13.4. The summed E-state index contributed by atoms with van der Waals surface area (Å²) in [4.78, 5) is 27.5. The molecule has 1 aromatic carbocycles. The fourth-order valence-corrected chi connectivity index (χ4v) is 2.73. The molecule has 0 saturated heterocycles. The SMILES string of the molecule is COc1ccc2c(c1)OC[C@H](C(=O)NNc1ncnc3nc[nH]c13)C2. The van der Waals surface area contributed by atoms with Gasteiger partial charge in [0, 0.05) is 6.07 Å². The molecule has 0 spiro atoms. The summed E-state index contributed by atoms with van der Waals surface area (Å²) in [7, 11) is 1.61. The number of ether oxygens (including phenoxy) is 2. The molecule has 0 fully saturated rings. The first-order chi connectivity index (χ1) is 12.2. The quantitative estimate of drug-likeness (QED) is 0.608. The molecule has 0 bridgehead atoms. The third-order valence-corrected chi connectivity index (χ3v) is 4.08. The zero-order chi connectivity index (χ0) is 17.2. The van der Waals surface area contributed by atoms with Crippen molar-refractivity contribution >= 4 is 22.9 Å². The third kappa shape index (κ3) is 2.91. The fourth-order valence-electron chi connectivity index (χ4n) is 2.73. The first kappa shape index (κ1) is 15.2. The van der Waals surface area contributed by atoms with E-state index in [1.54, 1.807) is 7.11 Å². The molecule has 1 aliphatic heterocycles. The van der Waals surface area contributed by atoms with E-state index in [-0.39, 0.29) is 11.8 Å². The number of nitrogens with one attached hydrogen (secondary N) is 3. The number of carbonyl (C=O) groups is 1. The van der Waals surface area contributed by atoms with Gasteiger partial charge < -0.3 is 14.5 Å². The topological polar surface area (TPSA) is 114 Å². The van der Waals surface area contributed by atoms with Gasteiger partial charge in [-0.25, -0.2) is 15.0 Å². The van der Waals surface area contributed by atoms with Crippen molar-refractivity contribution in [2.75, 3.05) is 19.1 Å². The lowest BCUT2D eigenvalue weighted by molar-refractivity contribution is -0.125. The Bertz CT molecular complexity index is 925. The van der Waals surface area contributed by atoms with E-state index >= 15 is 0 Å². The largest absolute Gasteiger partial charge is 0.497 e. The molecule has 2 aromatic heterocycles. The van der Waals surface area contributed by atoms with Gasteiger partial charge in [-0.1, -0.05) is 6.07 Å². The van der Waals surface area contributed by atoms with Gasteiger partial charge in [-0.15, -0.1) is 0 Å². The Labute approximate surface area is 142 Å². The second-order valence-corrected chi connectivity index (χ2v) is 5.62. The molecular formula is C16H16N6O3. The van der Waals surface area contributed by atoms with Gasteiger partial charge in [-0.05, 0) is 18.1 Å².